The van der Waals surface area contributed by atoms with E-state index in [0.717, 1.165) is 27.9 Å². The van der Waals surface area contributed by atoms with Crippen molar-refractivity contribution >= 4 is 34.4 Å². The molecule has 0 saturated carbocycles. The smallest absolute Gasteiger partial charge is 0.305 e. The van der Waals surface area contributed by atoms with Crippen molar-refractivity contribution in [2.75, 3.05) is 18.4 Å². The summed E-state index contributed by atoms with van der Waals surface area (Å²) in [4.78, 5) is 40.5. The van der Waals surface area contributed by atoms with Gasteiger partial charge >= 0.3 is 5.97 Å². The van der Waals surface area contributed by atoms with E-state index in [1.165, 1.54) is 10.9 Å². The number of nitrogens with zero attached hydrogens (tertiary/aromatic N) is 1. The zero-order valence-corrected chi connectivity index (χ0v) is 22.7. The Morgan fingerprint density at radius 2 is 1.65 bits per heavy atom. The number of aromatic nitrogens is 1. The number of nitrogens with one attached hydrogen (secondary N) is 3. The van der Waals surface area contributed by atoms with Crippen molar-refractivity contribution in [1.29, 1.82) is 0 Å². The molecule has 0 aliphatic heterocycles. The number of fused-ring (bicyclic) bond motifs is 1. The molecule has 0 aliphatic carbocycles. The number of carboxylic acid groups (broad SMARTS) is 1. The number of aliphatic carboxylic acids is 1. The third-order valence-electron chi connectivity index (χ3n) is 6.73. The van der Waals surface area contributed by atoms with Gasteiger partial charge < -0.3 is 21.1 Å². The summed E-state index contributed by atoms with van der Waals surface area (Å²) in [6.45, 7) is 4.41. The van der Waals surface area contributed by atoms with Crippen LogP contribution in [0.25, 0.3) is 21.9 Å². The number of hydrogen-bond donors (Lipinski definition) is 4. The van der Waals surface area contributed by atoms with E-state index in [-0.39, 0.29) is 25.3 Å². The molecule has 0 spiro atoms. The lowest BCUT2D eigenvalue weighted by atomic mass is 9.94. The maximum absolute atomic E-state index is 12.6. The molecule has 0 aliphatic rings. The summed E-state index contributed by atoms with van der Waals surface area (Å²) in [5, 5.41) is 20.3. The van der Waals surface area contributed by atoms with E-state index in [2.05, 4.69) is 52.1 Å². The van der Waals surface area contributed by atoms with Crippen LogP contribution in [0.15, 0.2) is 79.0 Å². The normalized spacial score (nSPS) is 11.6. The van der Waals surface area contributed by atoms with Crippen molar-refractivity contribution in [3.8, 4) is 11.1 Å². The first-order valence-electron chi connectivity index (χ1n) is 13.3. The molecule has 206 valence electrons. The van der Waals surface area contributed by atoms with Gasteiger partial charge in [0, 0.05) is 19.2 Å². The Hall–Kier alpha value is -4.72. The molecule has 8 nitrogen and oxygen atoms in total. The average Bonchev–Trinajstić information content (AvgIpc) is 2.94. The minimum atomic E-state index is -1.03. The number of carbonyl (C=O) groups excluding carboxylic acids is 2. The molecule has 0 bridgehead atoms. The van der Waals surface area contributed by atoms with Crippen LogP contribution in [0, 0.1) is 13.8 Å². The fourth-order valence-electron chi connectivity index (χ4n) is 4.65. The lowest BCUT2D eigenvalue weighted by Gasteiger charge is -2.18. The van der Waals surface area contributed by atoms with Gasteiger partial charge in [-0.1, -0.05) is 60.7 Å². The second-order valence-corrected chi connectivity index (χ2v) is 9.84. The van der Waals surface area contributed by atoms with E-state index in [4.69, 9.17) is 0 Å². The number of rotatable bonds is 12. The van der Waals surface area contributed by atoms with Crippen LogP contribution in [0.4, 0.5) is 5.82 Å². The number of hydrogen-bond acceptors (Lipinski definition) is 5. The molecule has 8 heteroatoms. The van der Waals surface area contributed by atoms with Gasteiger partial charge in [0.25, 0.3) is 0 Å². The van der Waals surface area contributed by atoms with Gasteiger partial charge in [0.1, 0.15) is 5.82 Å². The molecule has 1 atom stereocenters. The third kappa shape index (κ3) is 7.66. The van der Waals surface area contributed by atoms with Gasteiger partial charge in [-0.3, -0.25) is 14.4 Å². The third-order valence-corrected chi connectivity index (χ3v) is 6.73. The van der Waals surface area contributed by atoms with Crippen LogP contribution in [-0.2, 0) is 14.4 Å². The summed E-state index contributed by atoms with van der Waals surface area (Å²) in [6.07, 6.45) is 2.28. The highest BCUT2D eigenvalue weighted by Gasteiger charge is 2.19. The molecule has 40 heavy (non-hydrogen) atoms. The van der Waals surface area contributed by atoms with Gasteiger partial charge in [-0.2, -0.15) is 0 Å². The van der Waals surface area contributed by atoms with Crippen molar-refractivity contribution in [3.63, 3.8) is 0 Å². The topological polar surface area (TPSA) is 120 Å². The van der Waals surface area contributed by atoms with Gasteiger partial charge in [0.2, 0.25) is 11.8 Å². The van der Waals surface area contributed by atoms with Gasteiger partial charge in [-0.25, -0.2) is 4.98 Å². The number of amides is 2. The Morgan fingerprint density at radius 3 is 2.40 bits per heavy atom. The Balaban J connectivity index is 1.31. The van der Waals surface area contributed by atoms with E-state index in [0.29, 0.717) is 18.5 Å². The summed E-state index contributed by atoms with van der Waals surface area (Å²) in [7, 11) is 0. The molecule has 4 aromatic rings. The van der Waals surface area contributed by atoms with E-state index in [1.807, 2.05) is 55.5 Å². The second-order valence-electron chi connectivity index (χ2n) is 9.84. The van der Waals surface area contributed by atoms with Crippen LogP contribution in [-0.4, -0.2) is 41.0 Å². The molecule has 0 fully saturated rings. The lowest BCUT2D eigenvalue weighted by Crippen LogP contribution is -2.39. The van der Waals surface area contributed by atoms with Gasteiger partial charge in [-0.15, -0.1) is 0 Å². The highest BCUT2D eigenvalue weighted by atomic mass is 16.4. The first kappa shape index (κ1) is 28.3. The summed E-state index contributed by atoms with van der Waals surface area (Å²) in [5.74, 6) is -0.975. The van der Waals surface area contributed by atoms with E-state index in [1.54, 1.807) is 6.20 Å². The quantitative estimate of drug-likeness (QED) is 0.185. The maximum atomic E-state index is 12.6. The monoisotopic (exact) mass is 538 g/mol. The summed E-state index contributed by atoms with van der Waals surface area (Å²) in [6, 6.07) is 23.1. The van der Waals surface area contributed by atoms with Gasteiger partial charge in [0.05, 0.1) is 19.0 Å². The number of aryl methyl sites for hydroxylation is 2. The van der Waals surface area contributed by atoms with Crippen molar-refractivity contribution in [2.24, 2.45) is 0 Å². The molecular formula is C32H34N4O4. The van der Waals surface area contributed by atoms with Crippen molar-refractivity contribution in [2.45, 2.75) is 39.2 Å². The first-order chi connectivity index (χ1) is 19.3. The molecule has 2 amide bonds. The SMILES string of the molecule is Cc1ccnc(NCCCC(=O)NCC(=O)N[C@@H](CC(=O)O)c2ccc(-c3cccc4c(C)cccc34)cc2)c1. The van der Waals surface area contributed by atoms with Gasteiger partial charge in [0.15, 0.2) is 0 Å². The van der Waals surface area contributed by atoms with Crippen LogP contribution < -0.4 is 16.0 Å². The Morgan fingerprint density at radius 1 is 0.900 bits per heavy atom. The summed E-state index contributed by atoms with van der Waals surface area (Å²) in [5.41, 5.74) is 5.06. The van der Waals surface area contributed by atoms with Crippen LogP contribution in [0.5, 0.6) is 0 Å². The maximum Gasteiger partial charge on any atom is 0.305 e. The molecule has 0 unspecified atom stereocenters. The van der Waals surface area contributed by atoms with Gasteiger partial charge in [-0.05, 0) is 71.0 Å². The predicted molar refractivity (Wildman–Crippen MR) is 157 cm³/mol. The minimum Gasteiger partial charge on any atom is -0.481 e. The zero-order valence-electron chi connectivity index (χ0n) is 22.7. The molecule has 1 aromatic heterocycles. The van der Waals surface area contributed by atoms with Crippen molar-refractivity contribution in [3.05, 3.63) is 95.7 Å². The van der Waals surface area contributed by atoms with Crippen LogP contribution in [0.2, 0.25) is 0 Å². The number of carboxylic acids is 1. The summed E-state index contributed by atoms with van der Waals surface area (Å²) < 4.78 is 0. The molecular weight excluding hydrogens is 504 g/mol. The molecule has 1 heterocycles. The Kier molecular flexibility index (Phi) is 9.46. The van der Waals surface area contributed by atoms with Crippen molar-refractivity contribution < 1.29 is 19.5 Å². The first-order valence-corrected chi connectivity index (χ1v) is 13.3. The van der Waals surface area contributed by atoms with E-state index >= 15 is 0 Å². The largest absolute Gasteiger partial charge is 0.481 e. The van der Waals surface area contributed by atoms with E-state index < -0.39 is 17.9 Å². The van der Waals surface area contributed by atoms with Crippen LogP contribution in [0.3, 0.4) is 0 Å². The fraction of sp³-hybridized carbons (Fsp3) is 0.250. The Bertz CT molecular complexity index is 1500. The average molecular weight is 539 g/mol. The molecule has 3 aromatic carbocycles. The predicted octanol–water partition coefficient (Wildman–Crippen LogP) is 5.16. The zero-order chi connectivity index (χ0) is 28.5. The standard InChI is InChI=1S/C32H34N4O4/c1-21-15-17-34-29(18-21)33-16-5-10-30(37)35-20-31(38)36-28(19-32(39)40)24-13-11-23(12-14-24)26-8-4-7-25-22(2)6-3-9-27(25)26/h3-4,6-9,11-15,17-18,28H,5,10,16,19-20H2,1-2H3,(H,33,34)(H,35,37)(H,36,38)(H,39,40)/t28-/m0/s1. The molecule has 4 N–H and O–H groups in total. The minimum absolute atomic E-state index is 0.227. The fourth-order valence-corrected chi connectivity index (χ4v) is 4.65. The number of benzene rings is 3. The Labute approximate surface area is 233 Å². The highest BCUT2D eigenvalue weighted by Crippen LogP contribution is 2.31. The molecule has 0 saturated heterocycles. The number of anilines is 1. The van der Waals surface area contributed by atoms with Crippen LogP contribution >= 0.6 is 0 Å². The van der Waals surface area contributed by atoms with E-state index in [9.17, 15) is 19.5 Å². The van der Waals surface area contributed by atoms with Crippen LogP contribution in [0.1, 0.15) is 42.0 Å². The number of pyridine rings is 1. The molecule has 4 rings (SSSR count). The second kappa shape index (κ2) is 13.4. The summed E-state index contributed by atoms with van der Waals surface area (Å²) >= 11 is 0. The highest BCUT2D eigenvalue weighted by molar-refractivity contribution is 5.98. The molecule has 0 radical (unpaired) electrons. The number of carbonyl (C=O) groups is 3. The van der Waals surface area contributed by atoms with Crippen molar-refractivity contribution in [1.82, 2.24) is 15.6 Å². The lowest BCUT2D eigenvalue weighted by molar-refractivity contribution is -0.138.